The monoisotopic (exact) mass is 283 g/mol. The van der Waals surface area contributed by atoms with Crippen LogP contribution in [0.2, 0.25) is 0 Å². The minimum atomic E-state index is 0. The van der Waals surface area contributed by atoms with E-state index in [0.717, 1.165) is 25.9 Å². The lowest BCUT2D eigenvalue weighted by Gasteiger charge is -2.14. The minimum absolute atomic E-state index is 0. The Balaban J connectivity index is 0.00000112. The molecule has 0 saturated carbocycles. The normalized spacial score (nSPS) is 20.2. The van der Waals surface area contributed by atoms with Gasteiger partial charge < -0.3 is 10.6 Å². The minimum Gasteiger partial charge on any atom is -0.326 e. The average molecular weight is 284 g/mol. The van der Waals surface area contributed by atoms with Gasteiger partial charge in [-0.15, -0.1) is 36.2 Å². The number of halogens is 2. The highest BCUT2D eigenvalue weighted by Gasteiger charge is 2.18. The molecule has 2 N–H and O–H groups in total. The van der Waals surface area contributed by atoms with Crippen molar-refractivity contribution in [1.29, 1.82) is 0 Å². The predicted octanol–water partition coefficient (Wildman–Crippen LogP) is 1.87. The molecule has 1 aromatic rings. The maximum atomic E-state index is 5.85. The molecule has 1 aromatic heterocycles. The first kappa shape index (κ1) is 16.1. The molecule has 0 amide bonds. The van der Waals surface area contributed by atoms with Crippen molar-refractivity contribution in [1.82, 2.24) is 9.88 Å². The van der Waals surface area contributed by atoms with Crippen molar-refractivity contribution in [2.45, 2.75) is 25.8 Å². The molecule has 0 aromatic carbocycles. The highest BCUT2D eigenvalue weighted by atomic mass is 35.5. The van der Waals surface area contributed by atoms with E-state index in [-0.39, 0.29) is 24.8 Å². The third-order valence-corrected chi connectivity index (χ3v) is 3.80. The van der Waals surface area contributed by atoms with E-state index in [9.17, 15) is 0 Å². The fourth-order valence-electron chi connectivity index (χ4n) is 1.89. The van der Waals surface area contributed by atoms with Crippen LogP contribution in [0.5, 0.6) is 0 Å². The summed E-state index contributed by atoms with van der Waals surface area (Å²) in [6.07, 6.45) is 2.28. The highest BCUT2D eigenvalue weighted by Crippen LogP contribution is 2.14. The molecular formula is C10H19Cl2N3S. The standard InChI is InChI=1S/C10H17N3S.2ClH/c1-8-10(14-7-12-8)3-5-13-4-2-9(11)6-13;;/h7,9H,2-6,11H2,1H3;2*1H/t9-;;/m0../s1. The zero-order valence-corrected chi connectivity index (χ0v) is 11.8. The Morgan fingerprint density at radius 1 is 1.56 bits per heavy atom. The van der Waals surface area contributed by atoms with Gasteiger partial charge in [0.1, 0.15) is 0 Å². The van der Waals surface area contributed by atoms with Gasteiger partial charge in [0.25, 0.3) is 0 Å². The first-order chi connectivity index (χ1) is 6.75. The summed E-state index contributed by atoms with van der Waals surface area (Å²) < 4.78 is 0. The van der Waals surface area contributed by atoms with Crippen LogP contribution < -0.4 is 5.73 Å². The molecule has 1 saturated heterocycles. The largest absolute Gasteiger partial charge is 0.326 e. The Labute approximate surface area is 113 Å². The average Bonchev–Trinajstić information content (AvgIpc) is 2.72. The van der Waals surface area contributed by atoms with Crippen molar-refractivity contribution in [3.8, 4) is 0 Å². The van der Waals surface area contributed by atoms with Crippen LogP contribution in [0, 0.1) is 6.92 Å². The smallest absolute Gasteiger partial charge is 0.0797 e. The SMILES string of the molecule is Cc1ncsc1CCN1CC[C@H](N)C1.Cl.Cl. The van der Waals surface area contributed by atoms with E-state index >= 15 is 0 Å². The third kappa shape index (κ3) is 4.18. The summed E-state index contributed by atoms with van der Waals surface area (Å²) in [7, 11) is 0. The van der Waals surface area contributed by atoms with Crippen LogP contribution in [0.3, 0.4) is 0 Å². The molecule has 0 bridgehead atoms. The lowest BCUT2D eigenvalue weighted by atomic mass is 10.3. The summed E-state index contributed by atoms with van der Waals surface area (Å²) in [4.78, 5) is 8.12. The van der Waals surface area contributed by atoms with Gasteiger partial charge in [-0.1, -0.05) is 0 Å². The van der Waals surface area contributed by atoms with Gasteiger partial charge in [0.2, 0.25) is 0 Å². The number of nitrogens with two attached hydrogens (primary N) is 1. The maximum Gasteiger partial charge on any atom is 0.0797 e. The lowest BCUT2D eigenvalue weighted by Crippen LogP contribution is -2.28. The molecule has 2 rings (SSSR count). The summed E-state index contributed by atoms with van der Waals surface area (Å²) in [5.74, 6) is 0. The Morgan fingerprint density at radius 2 is 2.31 bits per heavy atom. The van der Waals surface area contributed by atoms with Gasteiger partial charge in [0.05, 0.1) is 11.2 Å². The second-order valence-electron chi connectivity index (χ2n) is 3.96. The second kappa shape index (κ2) is 7.45. The molecule has 1 aliphatic heterocycles. The summed E-state index contributed by atoms with van der Waals surface area (Å²) in [6.45, 7) is 5.45. The van der Waals surface area contributed by atoms with Crippen LogP contribution in [0.25, 0.3) is 0 Å². The van der Waals surface area contributed by atoms with Gasteiger partial charge in [0.15, 0.2) is 0 Å². The summed E-state index contributed by atoms with van der Waals surface area (Å²) >= 11 is 1.76. The fourth-order valence-corrected chi connectivity index (χ4v) is 2.66. The first-order valence-electron chi connectivity index (χ1n) is 5.12. The van der Waals surface area contributed by atoms with Crippen LogP contribution in [-0.2, 0) is 6.42 Å². The van der Waals surface area contributed by atoms with E-state index in [4.69, 9.17) is 5.73 Å². The van der Waals surface area contributed by atoms with Crippen LogP contribution in [-0.4, -0.2) is 35.6 Å². The molecular weight excluding hydrogens is 265 g/mol. The first-order valence-corrected chi connectivity index (χ1v) is 6.00. The summed E-state index contributed by atoms with van der Waals surface area (Å²) in [5.41, 5.74) is 8.98. The molecule has 3 nitrogen and oxygen atoms in total. The third-order valence-electron chi connectivity index (χ3n) is 2.81. The van der Waals surface area contributed by atoms with Gasteiger partial charge >= 0.3 is 0 Å². The van der Waals surface area contributed by atoms with Gasteiger partial charge in [-0.2, -0.15) is 0 Å². The number of thiazole rings is 1. The zero-order chi connectivity index (χ0) is 9.97. The summed E-state index contributed by atoms with van der Waals surface area (Å²) in [5, 5.41) is 0. The Bertz CT molecular complexity index is 306. The molecule has 0 radical (unpaired) electrons. The van der Waals surface area contributed by atoms with Gasteiger partial charge in [-0.25, -0.2) is 4.98 Å². The van der Waals surface area contributed by atoms with Gasteiger partial charge in [-0.3, -0.25) is 0 Å². The van der Waals surface area contributed by atoms with E-state index in [1.165, 1.54) is 17.1 Å². The van der Waals surface area contributed by atoms with Crippen molar-refractivity contribution >= 4 is 36.2 Å². The predicted molar refractivity (Wildman–Crippen MR) is 74.1 cm³/mol. The zero-order valence-electron chi connectivity index (χ0n) is 9.39. The number of nitrogens with zero attached hydrogens (tertiary/aromatic N) is 2. The molecule has 0 spiro atoms. The van der Waals surface area contributed by atoms with Crippen molar-refractivity contribution in [2.24, 2.45) is 5.73 Å². The van der Waals surface area contributed by atoms with Crippen molar-refractivity contribution in [3.63, 3.8) is 0 Å². The van der Waals surface area contributed by atoms with E-state index < -0.39 is 0 Å². The Morgan fingerprint density at radius 3 is 2.81 bits per heavy atom. The van der Waals surface area contributed by atoms with Crippen molar-refractivity contribution in [2.75, 3.05) is 19.6 Å². The fraction of sp³-hybridized carbons (Fsp3) is 0.700. The number of aryl methyl sites for hydroxylation is 1. The van der Waals surface area contributed by atoms with Crippen LogP contribution in [0.4, 0.5) is 0 Å². The molecule has 16 heavy (non-hydrogen) atoms. The van der Waals surface area contributed by atoms with Gasteiger partial charge in [-0.05, 0) is 26.3 Å². The second-order valence-corrected chi connectivity index (χ2v) is 4.90. The van der Waals surface area contributed by atoms with E-state index in [1.54, 1.807) is 11.3 Å². The lowest BCUT2D eigenvalue weighted by molar-refractivity contribution is 0.339. The van der Waals surface area contributed by atoms with E-state index in [0.29, 0.717) is 6.04 Å². The summed E-state index contributed by atoms with van der Waals surface area (Å²) in [6, 6.07) is 0.401. The number of aromatic nitrogens is 1. The van der Waals surface area contributed by atoms with Gasteiger partial charge in [0, 0.05) is 24.0 Å². The molecule has 1 fully saturated rings. The van der Waals surface area contributed by atoms with Crippen molar-refractivity contribution < 1.29 is 0 Å². The molecule has 1 atom stereocenters. The molecule has 94 valence electrons. The topological polar surface area (TPSA) is 42.2 Å². The van der Waals surface area contributed by atoms with Crippen LogP contribution in [0.15, 0.2) is 5.51 Å². The molecule has 1 aliphatic rings. The van der Waals surface area contributed by atoms with E-state index in [2.05, 4.69) is 16.8 Å². The highest BCUT2D eigenvalue weighted by molar-refractivity contribution is 7.09. The molecule has 2 heterocycles. The number of likely N-dealkylation sites (tertiary alicyclic amines) is 1. The number of hydrogen-bond acceptors (Lipinski definition) is 4. The Kier molecular flexibility index (Phi) is 7.52. The molecule has 0 unspecified atom stereocenters. The number of hydrogen-bond donors (Lipinski definition) is 1. The number of rotatable bonds is 3. The Hall–Kier alpha value is 0.130. The maximum absolute atomic E-state index is 5.85. The van der Waals surface area contributed by atoms with Crippen LogP contribution in [0.1, 0.15) is 17.0 Å². The van der Waals surface area contributed by atoms with Crippen LogP contribution >= 0.6 is 36.2 Å². The van der Waals surface area contributed by atoms with Crippen molar-refractivity contribution in [3.05, 3.63) is 16.1 Å². The van der Waals surface area contributed by atoms with E-state index in [1.807, 2.05) is 5.51 Å². The quantitative estimate of drug-likeness (QED) is 0.921. The molecule has 0 aliphatic carbocycles. The molecule has 6 heteroatoms.